The molecular formula is C21H23FN4O2. The van der Waals surface area contributed by atoms with E-state index in [1.165, 1.54) is 0 Å². The molecule has 2 aliphatic heterocycles. The molecule has 1 N–H and O–H groups in total. The number of hydrogen-bond acceptors (Lipinski definition) is 6. The summed E-state index contributed by atoms with van der Waals surface area (Å²) in [6.45, 7) is 4.18. The molecule has 0 aliphatic carbocycles. The van der Waals surface area contributed by atoms with Crippen LogP contribution in [0.1, 0.15) is 17.5 Å². The van der Waals surface area contributed by atoms with Gasteiger partial charge in [-0.2, -0.15) is 0 Å². The molecule has 5 rings (SSSR count). The number of phenolic OH excluding ortho intramolecular Hbond substituents is 1. The largest absolute Gasteiger partial charge is 0.506 e. The molecule has 3 aromatic rings. The summed E-state index contributed by atoms with van der Waals surface area (Å²) in [5.41, 5.74) is 4.14. The molecule has 0 amide bonds. The molecule has 1 fully saturated rings. The Hall–Kier alpha value is -2.67. The quantitative estimate of drug-likeness (QED) is 0.734. The zero-order chi connectivity index (χ0) is 19.4. The normalized spacial score (nSPS) is 22.8. The number of benzene rings is 1. The van der Waals surface area contributed by atoms with Crippen LogP contribution in [0.2, 0.25) is 0 Å². The predicted molar refractivity (Wildman–Crippen MR) is 105 cm³/mol. The van der Waals surface area contributed by atoms with Crippen LogP contribution in [-0.4, -0.2) is 59.1 Å². The van der Waals surface area contributed by atoms with E-state index in [0.29, 0.717) is 35.2 Å². The number of halogens is 1. The second kappa shape index (κ2) is 6.44. The molecule has 146 valence electrons. The molecule has 7 heteroatoms. The number of furan rings is 1. The van der Waals surface area contributed by atoms with Crippen molar-refractivity contribution < 1.29 is 13.9 Å². The molecule has 28 heavy (non-hydrogen) atoms. The number of fused-ring (bicyclic) bond motifs is 2. The van der Waals surface area contributed by atoms with Gasteiger partial charge in [0.1, 0.15) is 23.2 Å². The van der Waals surface area contributed by atoms with Crippen molar-refractivity contribution >= 4 is 16.8 Å². The molecule has 1 aromatic carbocycles. The fraction of sp³-hybridized carbons (Fsp3) is 0.429. The minimum absolute atomic E-state index is 0.116. The minimum Gasteiger partial charge on any atom is -0.506 e. The fourth-order valence-corrected chi connectivity index (χ4v) is 4.69. The van der Waals surface area contributed by atoms with Gasteiger partial charge in [0.2, 0.25) is 0 Å². The molecule has 2 atom stereocenters. The molecule has 0 radical (unpaired) electrons. The SMILES string of the molecule is Cc1c(-c2ccc3occc3c2O)nnc2c1CCN2[C@@H]1C[C@@H](F)CN(C)C1. The fourth-order valence-electron chi connectivity index (χ4n) is 4.69. The van der Waals surface area contributed by atoms with Crippen molar-refractivity contribution in [3.8, 4) is 17.0 Å². The highest BCUT2D eigenvalue weighted by Crippen LogP contribution is 2.40. The van der Waals surface area contributed by atoms with Gasteiger partial charge >= 0.3 is 0 Å². The number of rotatable bonds is 2. The van der Waals surface area contributed by atoms with Crippen molar-refractivity contribution in [3.63, 3.8) is 0 Å². The number of hydrogen-bond donors (Lipinski definition) is 1. The molecule has 4 heterocycles. The number of phenols is 1. The van der Waals surface area contributed by atoms with Crippen molar-refractivity contribution in [1.82, 2.24) is 15.1 Å². The van der Waals surface area contributed by atoms with Crippen LogP contribution in [0.15, 0.2) is 28.9 Å². The molecule has 0 spiro atoms. The number of piperidine rings is 1. The van der Waals surface area contributed by atoms with Crippen LogP contribution in [0.25, 0.3) is 22.2 Å². The van der Waals surface area contributed by atoms with Crippen molar-refractivity contribution in [2.24, 2.45) is 0 Å². The van der Waals surface area contributed by atoms with E-state index in [0.717, 1.165) is 36.5 Å². The van der Waals surface area contributed by atoms with Crippen molar-refractivity contribution in [1.29, 1.82) is 0 Å². The summed E-state index contributed by atoms with van der Waals surface area (Å²) >= 11 is 0. The summed E-state index contributed by atoms with van der Waals surface area (Å²) in [6, 6.07) is 5.52. The second-order valence-electron chi connectivity index (χ2n) is 7.92. The standard InChI is InChI=1S/C21H23FN4O2/c1-12-15-5-7-26(14-9-13(22)10-25(2)11-14)21(15)24-23-19(12)17-3-4-18-16(20(17)27)6-8-28-18/h3-4,6,8,13-14,27H,5,7,9-11H2,1-2H3/t13-,14-/m1/s1. The van der Waals surface area contributed by atoms with E-state index in [1.54, 1.807) is 12.3 Å². The maximum absolute atomic E-state index is 14.1. The number of aromatic hydroxyl groups is 1. The van der Waals surface area contributed by atoms with Crippen LogP contribution in [0, 0.1) is 6.92 Å². The van der Waals surface area contributed by atoms with E-state index in [4.69, 9.17) is 4.42 Å². The Balaban J connectivity index is 1.53. The van der Waals surface area contributed by atoms with Crippen LogP contribution in [0.3, 0.4) is 0 Å². The third kappa shape index (κ3) is 2.64. The number of aromatic nitrogens is 2. The molecular weight excluding hydrogens is 359 g/mol. The Labute approximate surface area is 162 Å². The number of nitrogens with zero attached hydrogens (tertiary/aromatic N) is 4. The van der Waals surface area contributed by atoms with E-state index >= 15 is 0 Å². The first kappa shape index (κ1) is 17.4. The van der Waals surface area contributed by atoms with E-state index in [-0.39, 0.29) is 11.8 Å². The molecule has 0 saturated carbocycles. The van der Waals surface area contributed by atoms with Gasteiger partial charge in [-0.25, -0.2) is 4.39 Å². The lowest BCUT2D eigenvalue weighted by atomic mass is 10.00. The van der Waals surface area contributed by atoms with E-state index in [9.17, 15) is 9.50 Å². The summed E-state index contributed by atoms with van der Waals surface area (Å²) in [4.78, 5) is 4.25. The van der Waals surface area contributed by atoms with Crippen molar-refractivity contribution in [2.75, 3.05) is 31.6 Å². The van der Waals surface area contributed by atoms with Gasteiger partial charge in [-0.05, 0) is 44.2 Å². The number of likely N-dealkylation sites (N-methyl/N-ethyl adjacent to an activating group) is 1. The van der Waals surface area contributed by atoms with Gasteiger partial charge in [-0.15, -0.1) is 10.2 Å². The van der Waals surface area contributed by atoms with Crippen LogP contribution in [0.4, 0.5) is 10.2 Å². The van der Waals surface area contributed by atoms with Gasteiger partial charge in [0.05, 0.1) is 11.6 Å². The molecule has 2 aromatic heterocycles. The Kier molecular flexibility index (Phi) is 4.01. The van der Waals surface area contributed by atoms with Gasteiger partial charge in [0, 0.05) is 43.2 Å². The van der Waals surface area contributed by atoms with Crippen molar-refractivity contribution in [3.05, 3.63) is 35.6 Å². The maximum atomic E-state index is 14.1. The van der Waals surface area contributed by atoms with Crippen LogP contribution in [0.5, 0.6) is 5.75 Å². The summed E-state index contributed by atoms with van der Waals surface area (Å²) in [5.74, 6) is 1.02. The third-order valence-corrected chi connectivity index (χ3v) is 6.06. The molecule has 1 saturated heterocycles. The average Bonchev–Trinajstić information content (AvgIpc) is 3.29. The molecule has 0 unspecified atom stereocenters. The summed E-state index contributed by atoms with van der Waals surface area (Å²) < 4.78 is 19.4. The smallest absolute Gasteiger partial charge is 0.155 e. The van der Waals surface area contributed by atoms with Crippen molar-refractivity contribution in [2.45, 2.75) is 32.0 Å². The van der Waals surface area contributed by atoms with E-state index in [1.807, 2.05) is 31.0 Å². The Morgan fingerprint density at radius 1 is 1.21 bits per heavy atom. The first-order valence-corrected chi connectivity index (χ1v) is 9.68. The monoisotopic (exact) mass is 382 g/mol. The van der Waals surface area contributed by atoms with Gasteiger partial charge in [0.15, 0.2) is 5.82 Å². The maximum Gasteiger partial charge on any atom is 0.155 e. The van der Waals surface area contributed by atoms with Gasteiger partial charge in [-0.1, -0.05) is 0 Å². The van der Waals surface area contributed by atoms with Gasteiger partial charge in [0.25, 0.3) is 0 Å². The predicted octanol–water partition coefficient (Wildman–Crippen LogP) is 3.31. The lowest BCUT2D eigenvalue weighted by Crippen LogP contribution is -2.50. The first-order chi connectivity index (χ1) is 13.5. The van der Waals surface area contributed by atoms with Gasteiger partial charge < -0.3 is 19.3 Å². The van der Waals surface area contributed by atoms with Crippen LogP contribution in [-0.2, 0) is 6.42 Å². The second-order valence-corrected chi connectivity index (χ2v) is 7.92. The lowest BCUT2D eigenvalue weighted by molar-refractivity contribution is 0.143. The number of likely N-dealkylation sites (tertiary alicyclic amines) is 1. The molecule has 2 aliphatic rings. The number of alkyl halides is 1. The van der Waals surface area contributed by atoms with Crippen LogP contribution < -0.4 is 4.90 Å². The summed E-state index contributed by atoms with van der Waals surface area (Å²) in [7, 11) is 1.96. The summed E-state index contributed by atoms with van der Waals surface area (Å²) in [6.07, 6.45) is 2.14. The topological polar surface area (TPSA) is 65.6 Å². The highest BCUT2D eigenvalue weighted by Gasteiger charge is 2.35. The van der Waals surface area contributed by atoms with Gasteiger partial charge in [-0.3, -0.25) is 0 Å². The highest BCUT2D eigenvalue weighted by molar-refractivity contribution is 5.91. The Bertz CT molecular complexity index is 1040. The zero-order valence-electron chi connectivity index (χ0n) is 16.0. The highest BCUT2D eigenvalue weighted by atomic mass is 19.1. The lowest BCUT2D eigenvalue weighted by Gasteiger charge is -2.38. The molecule has 6 nitrogen and oxygen atoms in total. The Morgan fingerprint density at radius 3 is 2.89 bits per heavy atom. The molecule has 0 bridgehead atoms. The first-order valence-electron chi connectivity index (χ1n) is 9.68. The zero-order valence-corrected chi connectivity index (χ0v) is 16.0. The Morgan fingerprint density at radius 2 is 2.07 bits per heavy atom. The number of anilines is 1. The average molecular weight is 382 g/mol. The van der Waals surface area contributed by atoms with Crippen LogP contribution >= 0.6 is 0 Å². The van der Waals surface area contributed by atoms with E-state index < -0.39 is 6.17 Å². The van der Waals surface area contributed by atoms with E-state index in [2.05, 4.69) is 15.1 Å². The third-order valence-electron chi connectivity index (χ3n) is 6.06. The minimum atomic E-state index is -0.806. The summed E-state index contributed by atoms with van der Waals surface area (Å²) in [5, 5.41) is 20.3.